The molecule has 3 amide bonds. The molecule has 220 valence electrons. The van der Waals surface area contributed by atoms with Gasteiger partial charge in [-0.1, -0.05) is 62.4 Å². The molecule has 8 heteroatoms. The van der Waals surface area contributed by atoms with Crippen LogP contribution in [-0.4, -0.2) is 45.6 Å². The molecule has 0 spiro atoms. The molecule has 0 fully saturated rings. The molecule has 0 saturated carbocycles. The van der Waals surface area contributed by atoms with Crippen molar-refractivity contribution in [2.24, 2.45) is 5.92 Å². The number of nitrogens with one attached hydrogen (secondary N) is 2. The first-order valence-corrected chi connectivity index (χ1v) is 14.2. The first-order valence-electron chi connectivity index (χ1n) is 14.2. The van der Waals surface area contributed by atoms with Crippen molar-refractivity contribution in [2.75, 3.05) is 5.32 Å². The van der Waals surface area contributed by atoms with E-state index in [1.165, 1.54) is 11.0 Å². The van der Waals surface area contributed by atoms with Gasteiger partial charge in [-0.3, -0.25) is 9.59 Å². The number of carbonyl (C=O) groups is 3. The van der Waals surface area contributed by atoms with Crippen molar-refractivity contribution in [3.63, 3.8) is 0 Å². The summed E-state index contributed by atoms with van der Waals surface area (Å²) in [6.45, 7) is 12.9. The summed E-state index contributed by atoms with van der Waals surface area (Å²) in [5, 5.41) is 18.4. The Bertz CT molecular complexity index is 1360. The van der Waals surface area contributed by atoms with E-state index in [1.807, 2.05) is 49.4 Å². The fraction of sp³-hybridized carbons (Fsp3) is 0.424. The molecule has 3 aromatic rings. The predicted octanol–water partition coefficient (Wildman–Crippen LogP) is 6.79. The second-order valence-electron chi connectivity index (χ2n) is 11.9. The third-order valence-electron chi connectivity index (χ3n) is 6.77. The van der Waals surface area contributed by atoms with Gasteiger partial charge in [-0.2, -0.15) is 0 Å². The molecule has 8 nitrogen and oxygen atoms in total. The van der Waals surface area contributed by atoms with Crippen molar-refractivity contribution in [1.82, 2.24) is 10.2 Å². The largest absolute Gasteiger partial charge is 0.508 e. The third kappa shape index (κ3) is 8.71. The van der Waals surface area contributed by atoms with E-state index in [4.69, 9.17) is 4.74 Å². The molecule has 0 aliphatic heterocycles. The van der Waals surface area contributed by atoms with Crippen LogP contribution >= 0.6 is 0 Å². The number of hydrogen-bond donors (Lipinski definition) is 3. The van der Waals surface area contributed by atoms with Gasteiger partial charge in [0, 0.05) is 17.3 Å². The van der Waals surface area contributed by atoms with Crippen LogP contribution in [0.25, 0.3) is 10.8 Å². The van der Waals surface area contributed by atoms with Gasteiger partial charge < -0.3 is 25.4 Å². The fourth-order valence-electron chi connectivity index (χ4n) is 4.70. The second-order valence-corrected chi connectivity index (χ2v) is 11.9. The highest BCUT2D eigenvalue weighted by Crippen LogP contribution is 2.33. The minimum absolute atomic E-state index is 0.104. The lowest BCUT2D eigenvalue weighted by Crippen LogP contribution is -2.54. The van der Waals surface area contributed by atoms with E-state index < -0.39 is 35.6 Å². The average molecular weight is 562 g/mol. The molecule has 0 aliphatic carbocycles. The molecule has 3 unspecified atom stereocenters. The summed E-state index contributed by atoms with van der Waals surface area (Å²) in [7, 11) is 0. The molecular weight excluding hydrogens is 518 g/mol. The van der Waals surface area contributed by atoms with Crippen molar-refractivity contribution in [1.29, 1.82) is 0 Å². The molecule has 0 saturated heterocycles. The summed E-state index contributed by atoms with van der Waals surface area (Å²) in [6.07, 6.45) is 0.710. The molecule has 0 radical (unpaired) electrons. The number of para-hydroxylation sites is 1. The van der Waals surface area contributed by atoms with E-state index in [1.54, 1.807) is 45.9 Å². The Morgan fingerprint density at radius 3 is 2.15 bits per heavy atom. The number of benzene rings is 3. The van der Waals surface area contributed by atoms with E-state index >= 15 is 0 Å². The lowest BCUT2D eigenvalue weighted by Gasteiger charge is -2.38. The van der Waals surface area contributed by atoms with Crippen LogP contribution in [0, 0.1) is 5.92 Å². The zero-order valence-electron chi connectivity index (χ0n) is 25.1. The standard InChI is InChI=1S/C33H43N3O5/c1-21(2)16-17-22(3)36(31(39)23(4)34-32(40)41-33(5,6)7)29(27-14-10-11-15-28(27)37)30(38)35-26-19-18-24-12-8-9-13-25(24)20-26/h8-15,18-23,29,37H,16-17H2,1-7H3,(H,34,40)(H,35,38). The number of aromatic hydroxyl groups is 1. The minimum atomic E-state index is -1.17. The normalized spacial score (nSPS) is 13.8. The Kier molecular flexibility index (Phi) is 10.4. The molecule has 0 aromatic heterocycles. The van der Waals surface area contributed by atoms with Crippen LogP contribution < -0.4 is 10.6 Å². The number of anilines is 1. The number of nitrogens with zero attached hydrogens (tertiary/aromatic N) is 1. The monoisotopic (exact) mass is 561 g/mol. The number of fused-ring (bicyclic) bond motifs is 1. The summed E-state index contributed by atoms with van der Waals surface area (Å²) in [4.78, 5) is 42.2. The fourth-order valence-corrected chi connectivity index (χ4v) is 4.70. The molecule has 3 rings (SSSR count). The van der Waals surface area contributed by atoms with Crippen LogP contribution in [0.4, 0.5) is 10.5 Å². The smallest absolute Gasteiger partial charge is 0.408 e. The summed E-state index contributed by atoms with van der Waals surface area (Å²) >= 11 is 0. The van der Waals surface area contributed by atoms with Crippen LogP contribution in [0.5, 0.6) is 5.75 Å². The van der Waals surface area contributed by atoms with Gasteiger partial charge in [0.2, 0.25) is 5.91 Å². The van der Waals surface area contributed by atoms with E-state index in [-0.39, 0.29) is 11.8 Å². The summed E-state index contributed by atoms with van der Waals surface area (Å²) in [6, 6.07) is 17.4. The molecule has 0 aliphatic rings. The quantitative estimate of drug-likeness (QED) is 0.253. The number of rotatable bonds is 10. The Morgan fingerprint density at radius 2 is 1.51 bits per heavy atom. The first kappa shape index (κ1) is 31.5. The number of carbonyl (C=O) groups excluding carboxylic acids is 3. The van der Waals surface area contributed by atoms with Gasteiger partial charge in [-0.25, -0.2) is 4.79 Å². The Balaban J connectivity index is 2.03. The lowest BCUT2D eigenvalue weighted by molar-refractivity contribution is -0.143. The van der Waals surface area contributed by atoms with Gasteiger partial charge >= 0.3 is 6.09 Å². The van der Waals surface area contributed by atoms with Crippen molar-refractivity contribution in [2.45, 2.75) is 85.0 Å². The van der Waals surface area contributed by atoms with E-state index in [0.29, 0.717) is 23.6 Å². The van der Waals surface area contributed by atoms with Crippen molar-refractivity contribution >= 4 is 34.4 Å². The molecule has 0 bridgehead atoms. The third-order valence-corrected chi connectivity index (χ3v) is 6.77. The van der Waals surface area contributed by atoms with Crippen LogP contribution in [-0.2, 0) is 14.3 Å². The number of phenolic OH excluding ortho intramolecular Hbond substituents is 1. The zero-order chi connectivity index (χ0) is 30.3. The van der Waals surface area contributed by atoms with Gasteiger partial charge in [0.15, 0.2) is 0 Å². The summed E-state index contributed by atoms with van der Waals surface area (Å²) < 4.78 is 5.36. The number of ether oxygens (including phenoxy) is 1. The minimum Gasteiger partial charge on any atom is -0.508 e. The maximum absolute atomic E-state index is 14.1. The number of alkyl carbamates (subject to hydrolysis) is 1. The Labute approximate surface area is 243 Å². The SMILES string of the molecule is CC(C)CCC(C)N(C(=O)C(C)NC(=O)OC(C)(C)C)C(C(=O)Nc1ccc2ccccc2c1)c1ccccc1O. The molecule has 3 atom stereocenters. The molecule has 41 heavy (non-hydrogen) atoms. The predicted molar refractivity (Wildman–Crippen MR) is 163 cm³/mol. The van der Waals surface area contributed by atoms with Crippen LogP contribution in [0.3, 0.4) is 0 Å². The molecular formula is C33H43N3O5. The van der Waals surface area contributed by atoms with E-state index in [2.05, 4.69) is 24.5 Å². The lowest BCUT2D eigenvalue weighted by atomic mass is 9.96. The van der Waals surface area contributed by atoms with Gasteiger partial charge in [0.05, 0.1) is 0 Å². The number of hydrogen-bond acceptors (Lipinski definition) is 5. The van der Waals surface area contributed by atoms with Crippen molar-refractivity contribution in [3.05, 3.63) is 72.3 Å². The average Bonchev–Trinajstić information content (AvgIpc) is 2.89. The number of amides is 3. The Morgan fingerprint density at radius 1 is 0.878 bits per heavy atom. The topological polar surface area (TPSA) is 108 Å². The zero-order valence-corrected chi connectivity index (χ0v) is 25.1. The molecule has 0 heterocycles. The highest BCUT2D eigenvalue weighted by molar-refractivity contribution is 6.00. The molecule has 3 aromatic carbocycles. The van der Waals surface area contributed by atoms with Crippen LogP contribution in [0.1, 0.15) is 72.9 Å². The summed E-state index contributed by atoms with van der Waals surface area (Å²) in [5.74, 6) is -0.667. The Hall–Kier alpha value is -4.07. The second kappa shape index (κ2) is 13.5. The van der Waals surface area contributed by atoms with Gasteiger partial charge in [0.25, 0.3) is 5.91 Å². The van der Waals surface area contributed by atoms with Gasteiger partial charge in [-0.05, 0) is 82.3 Å². The van der Waals surface area contributed by atoms with Crippen LogP contribution in [0.2, 0.25) is 0 Å². The number of phenols is 1. The van der Waals surface area contributed by atoms with Gasteiger partial charge in [0.1, 0.15) is 23.4 Å². The van der Waals surface area contributed by atoms with Crippen molar-refractivity contribution in [3.8, 4) is 5.75 Å². The highest BCUT2D eigenvalue weighted by atomic mass is 16.6. The van der Waals surface area contributed by atoms with Gasteiger partial charge in [-0.15, -0.1) is 0 Å². The highest BCUT2D eigenvalue weighted by Gasteiger charge is 2.38. The first-order chi connectivity index (χ1) is 19.3. The maximum Gasteiger partial charge on any atom is 0.408 e. The van der Waals surface area contributed by atoms with E-state index in [0.717, 1.165) is 17.2 Å². The van der Waals surface area contributed by atoms with Crippen LogP contribution in [0.15, 0.2) is 66.7 Å². The van der Waals surface area contributed by atoms with Crippen molar-refractivity contribution < 1.29 is 24.2 Å². The summed E-state index contributed by atoms with van der Waals surface area (Å²) in [5.41, 5.74) is 0.117. The van der Waals surface area contributed by atoms with E-state index in [9.17, 15) is 19.5 Å². The maximum atomic E-state index is 14.1. The molecule has 3 N–H and O–H groups in total.